The molecule has 44 heavy (non-hydrogen) atoms. The maximum Gasteiger partial charge on any atom is 0.251 e. The number of morpholine rings is 1. The molecule has 1 unspecified atom stereocenters. The van der Waals surface area contributed by atoms with Gasteiger partial charge in [0.25, 0.3) is 15.9 Å². The SMILES string of the molecule is COCC(NC(=O)c1ccc2cnn(S(C)(=O)=O)c2c1)c1cc2nc(-c3cccc(N4C[C@@H](C)O[C@@H](C)C4)n3)ccc2cn1. The van der Waals surface area contributed by atoms with E-state index in [1.54, 1.807) is 25.4 Å². The van der Waals surface area contributed by atoms with Crippen LogP contribution in [-0.2, 0) is 19.5 Å². The predicted molar refractivity (Wildman–Crippen MR) is 167 cm³/mol. The van der Waals surface area contributed by atoms with E-state index in [2.05, 4.69) is 34.1 Å². The maximum absolute atomic E-state index is 13.3. The molecule has 1 aliphatic heterocycles. The average Bonchev–Trinajstić information content (AvgIpc) is 3.44. The van der Waals surface area contributed by atoms with Crippen molar-refractivity contribution in [3.05, 3.63) is 78.2 Å². The molecule has 1 N–H and O–H groups in total. The molecule has 0 aliphatic carbocycles. The molecule has 0 bridgehead atoms. The first-order valence-corrected chi connectivity index (χ1v) is 16.1. The number of anilines is 1. The topological polar surface area (TPSA) is 141 Å². The van der Waals surface area contributed by atoms with E-state index in [0.717, 1.165) is 40.3 Å². The molecular weight excluding hydrogens is 582 g/mol. The largest absolute Gasteiger partial charge is 0.382 e. The summed E-state index contributed by atoms with van der Waals surface area (Å²) in [6, 6.07) is 15.8. The molecule has 5 heterocycles. The van der Waals surface area contributed by atoms with Gasteiger partial charge in [0.05, 0.1) is 65.4 Å². The molecule has 1 fully saturated rings. The van der Waals surface area contributed by atoms with Gasteiger partial charge in [-0.2, -0.15) is 9.19 Å². The number of nitrogens with one attached hydrogen (secondary N) is 1. The quantitative estimate of drug-likeness (QED) is 0.275. The number of carbonyl (C=O) groups is 1. The summed E-state index contributed by atoms with van der Waals surface area (Å²) < 4.78 is 36.5. The van der Waals surface area contributed by atoms with Gasteiger partial charge in [-0.05, 0) is 56.3 Å². The van der Waals surface area contributed by atoms with Crippen molar-refractivity contribution >= 4 is 43.6 Å². The van der Waals surface area contributed by atoms with E-state index >= 15 is 0 Å². The van der Waals surface area contributed by atoms with Crippen LogP contribution in [0.5, 0.6) is 0 Å². The Morgan fingerprint density at radius 3 is 2.52 bits per heavy atom. The van der Waals surface area contributed by atoms with Crippen LogP contribution in [0, 0.1) is 0 Å². The van der Waals surface area contributed by atoms with Crippen LogP contribution in [0.25, 0.3) is 33.2 Å². The molecule has 13 heteroatoms. The molecular formula is C31H33N7O5S. The normalized spacial score (nSPS) is 18.0. The molecule has 228 valence electrons. The Kier molecular flexibility index (Phi) is 8.01. The summed E-state index contributed by atoms with van der Waals surface area (Å²) in [5, 5.41) is 8.36. The molecule has 1 aliphatic rings. The van der Waals surface area contributed by atoms with Crippen molar-refractivity contribution in [1.29, 1.82) is 0 Å². The third kappa shape index (κ3) is 6.11. The van der Waals surface area contributed by atoms with Crippen LogP contribution in [0.3, 0.4) is 0 Å². The molecule has 4 aromatic heterocycles. The summed E-state index contributed by atoms with van der Waals surface area (Å²) in [4.78, 5) is 30.0. The van der Waals surface area contributed by atoms with Crippen LogP contribution in [0.1, 0.15) is 35.9 Å². The van der Waals surface area contributed by atoms with Gasteiger partial charge in [0.1, 0.15) is 5.82 Å². The molecule has 0 spiro atoms. The van der Waals surface area contributed by atoms with Gasteiger partial charge in [-0.15, -0.1) is 0 Å². The Bertz CT molecular complexity index is 1950. The van der Waals surface area contributed by atoms with Crippen LogP contribution in [0.15, 0.2) is 67.0 Å². The molecule has 12 nitrogen and oxygen atoms in total. The first-order valence-electron chi connectivity index (χ1n) is 14.2. The Morgan fingerprint density at radius 2 is 1.77 bits per heavy atom. The van der Waals surface area contributed by atoms with Crippen molar-refractivity contribution in [2.75, 3.05) is 38.0 Å². The number of pyridine rings is 3. The molecule has 1 saturated heterocycles. The van der Waals surface area contributed by atoms with E-state index in [1.165, 1.54) is 12.3 Å². The molecule has 0 radical (unpaired) electrons. The zero-order chi connectivity index (χ0) is 31.0. The maximum atomic E-state index is 13.3. The van der Waals surface area contributed by atoms with Crippen molar-refractivity contribution in [3.63, 3.8) is 0 Å². The van der Waals surface area contributed by atoms with Crippen molar-refractivity contribution in [1.82, 2.24) is 29.5 Å². The monoisotopic (exact) mass is 615 g/mol. The Labute approximate surface area is 255 Å². The van der Waals surface area contributed by atoms with Crippen LogP contribution >= 0.6 is 0 Å². The lowest BCUT2D eigenvalue weighted by atomic mass is 10.1. The van der Waals surface area contributed by atoms with Gasteiger partial charge in [-0.1, -0.05) is 12.1 Å². The number of hydrogen-bond acceptors (Lipinski definition) is 10. The molecule has 5 aromatic rings. The smallest absolute Gasteiger partial charge is 0.251 e. The molecule has 1 amide bonds. The minimum atomic E-state index is -3.64. The van der Waals surface area contributed by atoms with E-state index in [4.69, 9.17) is 19.4 Å². The molecule has 0 saturated carbocycles. The van der Waals surface area contributed by atoms with Gasteiger partial charge < -0.3 is 19.7 Å². The third-order valence-electron chi connectivity index (χ3n) is 7.45. The number of hydrogen-bond donors (Lipinski definition) is 1. The van der Waals surface area contributed by atoms with Crippen LogP contribution < -0.4 is 10.2 Å². The number of rotatable bonds is 8. The summed E-state index contributed by atoms with van der Waals surface area (Å²) in [6.07, 6.45) is 4.46. The molecule has 3 atom stereocenters. The Hall–Kier alpha value is -4.46. The summed E-state index contributed by atoms with van der Waals surface area (Å²) in [7, 11) is -2.09. The minimum Gasteiger partial charge on any atom is -0.382 e. The Balaban J connectivity index is 1.27. The van der Waals surface area contributed by atoms with Crippen molar-refractivity contribution < 1.29 is 22.7 Å². The molecule has 6 rings (SSSR count). The highest BCUT2D eigenvalue weighted by Crippen LogP contribution is 2.25. The Morgan fingerprint density at radius 1 is 1.02 bits per heavy atom. The zero-order valence-corrected chi connectivity index (χ0v) is 25.7. The second-order valence-electron chi connectivity index (χ2n) is 11.0. The lowest BCUT2D eigenvalue weighted by Gasteiger charge is -2.36. The van der Waals surface area contributed by atoms with Crippen LogP contribution in [0.4, 0.5) is 5.82 Å². The fourth-order valence-corrected chi connectivity index (χ4v) is 6.22. The minimum absolute atomic E-state index is 0.119. The standard InChI is InChI=1S/C31H33N7O5S/c1-19-16-37(17-20(2)43-19)30-7-5-6-24(35-30)25-11-10-22-14-32-27(13-26(22)34-25)28(18-42-3)36-31(39)21-8-9-23-15-33-38(29(23)12-21)44(4,40)41/h5-15,19-20,28H,16-18H2,1-4H3,(H,36,39)/t19-,20+,28?. The van der Waals surface area contributed by atoms with Gasteiger partial charge in [0, 0.05) is 42.7 Å². The van der Waals surface area contributed by atoms with Gasteiger partial charge in [-0.3, -0.25) is 9.78 Å². The summed E-state index contributed by atoms with van der Waals surface area (Å²) >= 11 is 0. The number of amides is 1. The first kappa shape index (κ1) is 29.6. The highest BCUT2D eigenvalue weighted by atomic mass is 32.2. The van der Waals surface area contributed by atoms with Crippen LogP contribution in [-0.4, -0.2) is 83.7 Å². The summed E-state index contributed by atoms with van der Waals surface area (Å²) in [5.74, 6) is 0.467. The van der Waals surface area contributed by atoms with Gasteiger partial charge in [-0.25, -0.2) is 18.4 Å². The van der Waals surface area contributed by atoms with Gasteiger partial charge in [0.2, 0.25) is 0 Å². The first-order chi connectivity index (χ1) is 21.1. The number of nitrogens with zero attached hydrogens (tertiary/aromatic N) is 6. The number of fused-ring (bicyclic) bond motifs is 2. The average molecular weight is 616 g/mol. The summed E-state index contributed by atoms with van der Waals surface area (Å²) in [6.45, 7) is 5.82. The predicted octanol–water partition coefficient (Wildman–Crippen LogP) is 3.58. The van der Waals surface area contributed by atoms with E-state index in [1.807, 2.05) is 36.4 Å². The highest BCUT2D eigenvalue weighted by molar-refractivity contribution is 7.89. The van der Waals surface area contributed by atoms with Crippen molar-refractivity contribution in [3.8, 4) is 11.4 Å². The number of benzene rings is 1. The van der Waals surface area contributed by atoms with Crippen molar-refractivity contribution in [2.45, 2.75) is 32.1 Å². The van der Waals surface area contributed by atoms with Gasteiger partial charge >= 0.3 is 0 Å². The van der Waals surface area contributed by atoms with Gasteiger partial charge in [0.15, 0.2) is 0 Å². The number of methoxy groups -OCH3 is 1. The lowest BCUT2D eigenvalue weighted by molar-refractivity contribution is -0.00545. The summed E-state index contributed by atoms with van der Waals surface area (Å²) in [5.41, 5.74) is 3.33. The van der Waals surface area contributed by atoms with Crippen LogP contribution in [0.2, 0.25) is 0 Å². The third-order valence-corrected chi connectivity index (χ3v) is 8.36. The number of carbonyl (C=O) groups excluding carboxylic acids is 1. The highest BCUT2D eigenvalue weighted by Gasteiger charge is 2.24. The van der Waals surface area contributed by atoms with E-state index < -0.39 is 22.0 Å². The van der Waals surface area contributed by atoms with E-state index in [0.29, 0.717) is 27.8 Å². The zero-order valence-electron chi connectivity index (χ0n) is 24.8. The number of aromatic nitrogens is 5. The van der Waals surface area contributed by atoms with E-state index in [-0.39, 0.29) is 24.4 Å². The second kappa shape index (κ2) is 11.9. The van der Waals surface area contributed by atoms with Crippen molar-refractivity contribution in [2.24, 2.45) is 0 Å². The fraction of sp³-hybridized carbons (Fsp3) is 0.323. The second-order valence-corrected chi connectivity index (χ2v) is 12.9. The molecule has 1 aromatic carbocycles. The lowest BCUT2D eigenvalue weighted by Crippen LogP contribution is -2.45. The van der Waals surface area contributed by atoms with E-state index in [9.17, 15) is 13.2 Å². The number of ether oxygens (including phenoxy) is 2. The fourth-order valence-electron chi connectivity index (χ4n) is 5.48.